The number of nitrogens with zero attached hydrogens (tertiary/aromatic N) is 2. The van der Waals surface area contributed by atoms with E-state index in [0.29, 0.717) is 42.0 Å². The molecule has 0 saturated heterocycles. The van der Waals surface area contributed by atoms with Gasteiger partial charge >= 0.3 is 0 Å². The van der Waals surface area contributed by atoms with Gasteiger partial charge in [-0.1, -0.05) is 23.7 Å². The van der Waals surface area contributed by atoms with E-state index in [0.717, 1.165) is 5.56 Å². The largest absolute Gasteiger partial charge is 0.497 e. The summed E-state index contributed by atoms with van der Waals surface area (Å²) < 4.78 is 5.20. The predicted molar refractivity (Wildman–Crippen MR) is 112 cm³/mol. The quantitative estimate of drug-likeness (QED) is 0.518. The van der Waals surface area contributed by atoms with E-state index in [1.807, 2.05) is 24.3 Å². The summed E-state index contributed by atoms with van der Waals surface area (Å²) in [6, 6.07) is 11.4. The molecule has 1 aliphatic heterocycles. The highest BCUT2D eigenvalue weighted by Crippen LogP contribution is 2.45. The van der Waals surface area contributed by atoms with Gasteiger partial charge in [-0.3, -0.25) is 24.6 Å². The van der Waals surface area contributed by atoms with Crippen LogP contribution in [-0.4, -0.2) is 23.7 Å². The lowest BCUT2D eigenvalue weighted by atomic mass is 9.77. The first-order valence-corrected chi connectivity index (χ1v) is 9.95. The maximum absolute atomic E-state index is 13.2. The zero-order valence-electron chi connectivity index (χ0n) is 16.3. The summed E-state index contributed by atoms with van der Waals surface area (Å²) >= 11 is 6.31. The number of carbonyl (C=O) groups excluding carboxylic acids is 2. The Morgan fingerprint density at radius 2 is 1.87 bits per heavy atom. The molecule has 1 atom stereocenters. The minimum absolute atomic E-state index is 0.0209. The van der Waals surface area contributed by atoms with E-state index in [-0.39, 0.29) is 34.7 Å². The number of allylic oxidation sites excluding steroid dienone is 2. The molecular weight excluding hydrogens is 408 g/mol. The molecule has 7 nitrogen and oxygen atoms in total. The van der Waals surface area contributed by atoms with Gasteiger partial charge in [-0.2, -0.15) is 0 Å². The van der Waals surface area contributed by atoms with Gasteiger partial charge in [0.15, 0.2) is 5.78 Å². The molecule has 154 valence electrons. The number of ketones is 1. The molecule has 1 unspecified atom stereocenters. The molecule has 2 aromatic rings. The molecule has 8 heteroatoms. The average molecular weight is 427 g/mol. The van der Waals surface area contributed by atoms with E-state index in [4.69, 9.17) is 16.3 Å². The maximum atomic E-state index is 13.2. The van der Waals surface area contributed by atoms with Crippen molar-refractivity contribution < 1.29 is 19.2 Å². The highest BCUT2D eigenvalue weighted by atomic mass is 35.5. The first-order valence-electron chi connectivity index (χ1n) is 9.57. The standard InChI is InChI=1S/C22H19ClN2O5/c1-30-15-8-5-13(6-9-15)16-12-21(27)24(19-3-2-4-20(26)22(16)19)18-10-7-14(25(28)29)11-17(18)23/h5-11,16H,2-4,12H2,1H3. The maximum Gasteiger partial charge on any atom is 0.271 e. The fourth-order valence-electron chi connectivity index (χ4n) is 4.18. The number of Topliss-reactive ketones (excluding diaryl/α,β-unsaturated/α-hetero) is 1. The Morgan fingerprint density at radius 1 is 1.13 bits per heavy atom. The van der Waals surface area contributed by atoms with Crippen molar-refractivity contribution >= 4 is 34.7 Å². The lowest BCUT2D eigenvalue weighted by Gasteiger charge is -2.38. The SMILES string of the molecule is COc1ccc(C2CC(=O)N(c3ccc([N+](=O)[O-])cc3Cl)C3=C2C(=O)CCC3)cc1. The van der Waals surface area contributed by atoms with Crippen LogP contribution in [0.1, 0.15) is 37.2 Å². The second kappa shape index (κ2) is 7.91. The monoisotopic (exact) mass is 426 g/mol. The lowest BCUT2D eigenvalue weighted by Crippen LogP contribution is -2.40. The Hall–Kier alpha value is -3.19. The van der Waals surface area contributed by atoms with Gasteiger partial charge in [0.1, 0.15) is 5.75 Å². The first kappa shape index (κ1) is 20.1. The number of benzene rings is 2. The molecule has 0 radical (unpaired) electrons. The van der Waals surface area contributed by atoms with Crippen LogP contribution in [0.5, 0.6) is 5.75 Å². The summed E-state index contributed by atoms with van der Waals surface area (Å²) in [5, 5.41) is 11.1. The third-order valence-electron chi connectivity index (χ3n) is 5.58. The van der Waals surface area contributed by atoms with Crippen molar-refractivity contribution in [2.45, 2.75) is 31.6 Å². The molecular formula is C22H19ClN2O5. The van der Waals surface area contributed by atoms with Crippen molar-refractivity contribution in [2.75, 3.05) is 12.0 Å². The summed E-state index contributed by atoms with van der Waals surface area (Å²) in [6.07, 6.45) is 1.75. The summed E-state index contributed by atoms with van der Waals surface area (Å²) in [4.78, 5) is 38.1. The van der Waals surface area contributed by atoms with E-state index in [1.54, 1.807) is 7.11 Å². The van der Waals surface area contributed by atoms with Crippen molar-refractivity contribution in [3.63, 3.8) is 0 Å². The van der Waals surface area contributed by atoms with Crippen molar-refractivity contribution in [1.82, 2.24) is 0 Å². The molecule has 2 aromatic carbocycles. The van der Waals surface area contributed by atoms with Crippen LogP contribution < -0.4 is 9.64 Å². The van der Waals surface area contributed by atoms with E-state index < -0.39 is 4.92 Å². The number of ether oxygens (including phenoxy) is 1. The van der Waals surface area contributed by atoms with Crippen LogP contribution in [0.2, 0.25) is 5.02 Å². The third kappa shape index (κ3) is 3.45. The molecule has 4 rings (SSSR count). The van der Waals surface area contributed by atoms with Crippen LogP contribution >= 0.6 is 11.6 Å². The number of methoxy groups -OCH3 is 1. The number of non-ortho nitro benzene ring substituents is 1. The van der Waals surface area contributed by atoms with Crippen molar-refractivity contribution in [2.24, 2.45) is 0 Å². The molecule has 2 aliphatic rings. The minimum atomic E-state index is -0.539. The zero-order chi connectivity index (χ0) is 21.4. The number of nitro benzene ring substituents is 1. The van der Waals surface area contributed by atoms with Crippen LogP contribution in [0, 0.1) is 10.1 Å². The Bertz CT molecular complexity index is 1080. The fourth-order valence-corrected chi connectivity index (χ4v) is 4.44. The number of nitro groups is 1. The molecule has 30 heavy (non-hydrogen) atoms. The second-order valence-electron chi connectivity index (χ2n) is 7.29. The van der Waals surface area contributed by atoms with E-state index in [1.165, 1.54) is 23.1 Å². The molecule has 0 saturated carbocycles. The van der Waals surface area contributed by atoms with Crippen LogP contribution in [0.4, 0.5) is 11.4 Å². The Labute approximate surface area is 178 Å². The summed E-state index contributed by atoms with van der Waals surface area (Å²) in [5.74, 6) is 0.191. The second-order valence-corrected chi connectivity index (χ2v) is 7.70. The number of hydrogen-bond acceptors (Lipinski definition) is 5. The van der Waals surface area contributed by atoms with E-state index >= 15 is 0 Å². The van der Waals surface area contributed by atoms with Crippen LogP contribution in [0.25, 0.3) is 0 Å². The number of hydrogen-bond donors (Lipinski definition) is 0. The Morgan fingerprint density at radius 3 is 2.50 bits per heavy atom. The Balaban J connectivity index is 1.82. The summed E-state index contributed by atoms with van der Waals surface area (Å²) in [5.41, 5.74) is 2.35. The molecule has 0 fully saturated rings. The number of amides is 1. The van der Waals surface area contributed by atoms with Gasteiger partial charge in [0.25, 0.3) is 5.69 Å². The van der Waals surface area contributed by atoms with Crippen molar-refractivity contribution in [3.8, 4) is 5.75 Å². The third-order valence-corrected chi connectivity index (χ3v) is 5.88. The van der Waals surface area contributed by atoms with E-state index in [2.05, 4.69) is 0 Å². The van der Waals surface area contributed by atoms with Crippen LogP contribution in [0.3, 0.4) is 0 Å². The number of carbonyl (C=O) groups is 2. The first-order chi connectivity index (χ1) is 14.4. The van der Waals surface area contributed by atoms with Gasteiger partial charge in [-0.25, -0.2) is 0 Å². The average Bonchev–Trinajstić information content (AvgIpc) is 2.74. The van der Waals surface area contributed by atoms with Gasteiger partial charge in [0.05, 0.1) is 22.7 Å². The van der Waals surface area contributed by atoms with Crippen LogP contribution in [0.15, 0.2) is 53.7 Å². The number of anilines is 1. The molecule has 0 bridgehead atoms. The minimum Gasteiger partial charge on any atom is -0.497 e. The van der Waals surface area contributed by atoms with Gasteiger partial charge in [0.2, 0.25) is 5.91 Å². The van der Waals surface area contributed by atoms with Crippen molar-refractivity contribution in [1.29, 1.82) is 0 Å². The molecule has 0 N–H and O–H groups in total. The molecule has 0 aromatic heterocycles. The van der Waals surface area contributed by atoms with E-state index in [9.17, 15) is 19.7 Å². The summed E-state index contributed by atoms with van der Waals surface area (Å²) in [7, 11) is 1.58. The molecule has 1 aliphatic carbocycles. The highest BCUT2D eigenvalue weighted by molar-refractivity contribution is 6.34. The topological polar surface area (TPSA) is 89.8 Å². The fraction of sp³-hybridized carbons (Fsp3) is 0.273. The predicted octanol–water partition coefficient (Wildman–Crippen LogP) is 4.78. The van der Waals surface area contributed by atoms with Crippen molar-refractivity contribution in [3.05, 3.63) is 74.4 Å². The van der Waals surface area contributed by atoms with Gasteiger partial charge in [0, 0.05) is 42.2 Å². The number of rotatable bonds is 4. The summed E-state index contributed by atoms with van der Waals surface area (Å²) in [6.45, 7) is 0. The molecule has 0 spiro atoms. The van der Waals surface area contributed by atoms with Crippen LogP contribution in [-0.2, 0) is 9.59 Å². The molecule has 1 amide bonds. The molecule has 1 heterocycles. The zero-order valence-corrected chi connectivity index (χ0v) is 17.0. The normalized spacial score (nSPS) is 19.0. The van der Waals surface area contributed by atoms with Gasteiger partial charge in [-0.05, 0) is 36.6 Å². The highest BCUT2D eigenvalue weighted by Gasteiger charge is 2.40. The number of halogens is 1. The smallest absolute Gasteiger partial charge is 0.271 e. The van der Waals surface area contributed by atoms with Gasteiger partial charge < -0.3 is 4.74 Å². The van der Waals surface area contributed by atoms with Gasteiger partial charge in [-0.15, -0.1) is 0 Å². The lowest BCUT2D eigenvalue weighted by molar-refractivity contribution is -0.384. The Kier molecular flexibility index (Phi) is 5.30.